The summed E-state index contributed by atoms with van der Waals surface area (Å²) in [6.45, 7) is 1.92. The molecule has 0 fully saturated rings. The topological polar surface area (TPSA) is 92.9 Å². The average molecular weight is 398 g/mol. The Balaban J connectivity index is 1.73. The summed E-state index contributed by atoms with van der Waals surface area (Å²) in [7, 11) is 4.56. The van der Waals surface area contributed by atoms with Gasteiger partial charge >= 0.3 is 5.97 Å². The number of hydrogen-bond donors (Lipinski definition) is 0. The third-order valence-electron chi connectivity index (χ3n) is 4.30. The molecule has 0 bridgehead atoms. The summed E-state index contributed by atoms with van der Waals surface area (Å²) in [5.74, 6) is 1.34. The molecule has 0 aliphatic heterocycles. The molecular formula is C21H22N2O6. The fourth-order valence-electron chi connectivity index (χ4n) is 2.72. The van der Waals surface area contributed by atoms with Gasteiger partial charge in [-0.15, -0.1) is 10.2 Å². The molecule has 0 aliphatic rings. The molecule has 1 aromatic heterocycles. The molecule has 0 atom stereocenters. The van der Waals surface area contributed by atoms with Gasteiger partial charge in [0, 0.05) is 5.56 Å². The summed E-state index contributed by atoms with van der Waals surface area (Å²) < 4.78 is 26.8. The highest BCUT2D eigenvalue weighted by Crippen LogP contribution is 2.40. The Bertz CT molecular complexity index is 956. The summed E-state index contributed by atoms with van der Waals surface area (Å²) in [6, 6.07) is 10.6. The molecule has 2 aromatic carbocycles. The normalized spacial score (nSPS) is 10.5. The Kier molecular flexibility index (Phi) is 6.33. The fourth-order valence-corrected chi connectivity index (χ4v) is 2.72. The van der Waals surface area contributed by atoms with Crippen LogP contribution in [0.2, 0.25) is 0 Å². The highest BCUT2D eigenvalue weighted by Gasteiger charge is 2.18. The average Bonchev–Trinajstić information content (AvgIpc) is 3.25. The van der Waals surface area contributed by atoms with Crippen LogP contribution in [0.15, 0.2) is 40.8 Å². The van der Waals surface area contributed by atoms with Gasteiger partial charge in [0.1, 0.15) is 0 Å². The van der Waals surface area contributed by atoms with E-state index in [0.717, 1.165) is 12.0 Å². The number of aromatic nitrogens is 2. The highest BCUT2D eigenvalue weighted by molar-refractivity contribution is 5.89. The zero-order valence-electron chi connectivity index (χ0n) is 16.7. The molecule has 3 aromatic rings. The van der Waals surface area contributed by atoms with E-state index in [9.17, 15) is 4.79 Å². The first-order chi connectivity index (χ1) is 14.1. The Labute approximate surface area is 168 Å². The Morgan fingerprint density at radius 1 is 0.966 bits per heavy atom. The molecule has 3 rings (SSSR count). The van der Waals surface area contributed by atoms with Crippen molar-refractivity contribution < 1.29 is 28.2 Å². The van der Waals surface area contributed by atoms with Crippen molar-refractivity contribution >= 4 is 5.97 Å². The van der Waals surface area contributed by atoms with Gasteiger partial charge in [-0.1, -0.05) is 19.1 Å². The highest BCUT2D eigenvalue weighted by atomic mass is 16.5. The Hall–Kier alpha value is -3.55. The van der Waals surface area contributed by atoms with Crippen LogP contribution in [0, 0.1) is 0 Å². The maximum Gasteiger partial charge on any atom is 0.338 e. The quantitative estimate of drug-likeness (QED) is 0.531. The van der Waals surface area contributed by atoms with E-state index >= 15 is 0 Å². The minimum Gasteiger partial charge on any atom is -0.493 e. The lowest BCUT2D eigenvalue weighted by Crippen LogP contribution is -2.05. The predicted octanol–water partition coefficient (Wildman–Crippen LogP) is 3.68. The van der Waals surface area contributed by atoms with Crippen molar-refractivity contribution in [3.63, 3.8) is 0 Å². The first-order valence-electron chi connectivity index (χ1n) is 8.98. The van der Waals surface area contributed by atoms with Crippen LogP contribution in [0.1, 0.15) is 28.7 Å². The number of rotatable bonds is 8. The van der Waals surface area contributed by atoms with Crippen LogP contribution in [-0.2, 0) is 17.8 Å². The van der Waals surface area contributed by atoms with Gasteiger partial charge in [-0.3, -0.25) is 0 Å². The van der Waals surface area contributed by atoms with Crippen LogP contribution >= 0.6 is 0 Å². The molecule has 29 heavy (non-hydrogen) atoms. The van der Waals surface area contributed by atoms with Gasteiger partial charge in [-0.25, -0.2) is 4.79 Å². The summed E-state index contributed by atoms with van der Waals surface area (Å²) in [5.41, 5.74) is 2.19. The van der Waals surface area contributed by atoms with Gasteiger partial charge in [0.25, 0.3) is 5.89 Å². The monoisotopic (exact) mass is 398 g/mol. The number of esters is 1. The second kappa shape index (κ2) is 9.09. The van der Waals surface area contributed by atoms with Crippen molar-refractivity contribution in [1.29, 1.82) is 0 Å². The van der Waals surface area contributed by atoms with Crippen molar-refractivity contribution in [3.05, 3.63) is 53.4 Å². The fraction of sp³-hybridized carbons (Fsp3) is 0.286. The molecule has 0 N–H and O–H groups in total. The minimum atomic E-state index is -0.458. The number of aryl methyl sites for hydroxylation is 1. The van der Waals surface area contributed by atoms with Gasteiger partial charge in [-0.2, -0.15) is 0 Å². The van der Waals surface area contributed by atoms with E-state index in [1.807, 2.05) is 12.1 Å². The molecule has 0 saturated heterocycles. The van der Waals surface area contributed by atoms with Crippen molar-refractivity contribution in [2.45, 2.75) is 20.0 Å². The maximum atomic E-state index is 12.2. The zero-order chi connectivity index (χ0) is 20.8. The first kappa shape index (κ1) is 20.2. The van der Waals surface area contributed by atoms with Gasteiger partial charge in [0.05, 0.1) is 26.9 Å². The van der Waals surface area contributed by atoms with Crippen LogP contribution in [-0.4, -0.2) is 37.5 Å². The summed E-state index contributed by atoms with van der Waals surface area (Å²) in [5, 5.41) is 7.94. The smallest absolute Gasteiger partial charge is 0.338 e. The molecular weight excluding hydrogens is 376 g/mol. The lowest BCUT2D eigenvalue weighted by molar-refractivity contribution is 0.0438. The van der Waals surface area contributed by atoms with Crippen molar-refractivity contribution in [2.75, 3.05) is 21.3 Å². The summed E-state index contributed by atoms with van der Waals surface area (Å²) in [6.07, 6.45) is 0.904. The van der Waals surface area contributed by atoms with Crippen LogP contribution < -0.4 is 14.2 Å². The van der Waals surface area contributed by atoms with Gasteiger partial charge in [-0.05, 0) is 36.2 Å². The number of benzene rings is 2. The molecule has 1 heterocycles. The van der Waals surface area contributed by atoms with Crippen LogP contribution in [0.4, 0.5) is 0 Å². The number of ether oxygens (including phenoxy) is 4. The first-order valence-corrected chi connectivity index (χ1v) is 8.98. The number of methoxy groups -OCH3 is 3. The van der Waals surface area contributed by atoms with Crippen molar-refractivity contribution in [1.82, 2.24) is 10.2 Å². The van der Waals surface area contributed by atoms with E-state index in [4.69, 9.17) is 23.4 Å². The van der Waals surface area contributed by atoms with Gasteiger partial charge in [0.2, 0.25) is 11.6 Å². The Morgan fingerprint density at radius 3 is 2.17 bits per heavy atom. The number of hydrogen-bond acceptors (Lipinski definition) is 8. The summed E-state index contributed by atoms with van der Waals surface area (Å²) in [4.78, 5) is 12.2. The van der Waals surface area contributed by atoms with E-state index in [1.165, 1.54) is 21.3 Å². The molecule has 152 valence electrons. The largest absolute Gasteiger partial charge is 0.493 e. The van der Waals surface area contributed by atoms with E-state index in [2.05, 4.69) is 17.1 Å². The molecule has 0 radical (unpaired) electrons. The number of carbonyl (C=O) groups excluding carboxylic acids is 1. The van der Waals surface area contributed by atoms with E-state index < -0.39 is 5.97 Å². The van der Waals surface area contributed by atoms with Crippen LogP contribution in [0.3, 0.4) is 0 Å². The number of carbonyl (C=O) groups is 1. The van der Waals surface area contributed by atoms with E-state index in [-0.39, 0.29) is 18.4 Å². The molecule has 0 amide bonds. The lowest BCUT2D eigenvalue weighted by atomic mass is 10.1. The van der Waals surface area contributed by atoms with Crippen LogP contribution in [0.25, 0.3) is 11.5 Å². The maximum absolute atomic E-state index is 12.2. The molecule has 0 unspecified atom stereocenters. The van der Waals surface area contributed by atoms with Crippen molar-refractivity contribution in [2.24, 2.45) is 0 Å². The van der Waals surface area contributed by atoms with E-state index in [0.29, 0.717) is 28.4 Å². The van der Waals surface area contributed by atoms with E-state index in [1.54, 1.807) is 24.3 Å². The second-order valence-electron chi connectivity index (χ2n) is 6.04. The third-order valence-corrected chi connectivity index (χ3v) is 4.30. The summed E-state index contributed by atoms with van der Waals surface area (Å²) >= 11 is 0. The number of nitrogens with zero attached hydrogens (tertiary/aromatic N) is 2. The molecule has 0 spiro atoms. The van der Waals surface area contributed by atoms with Gasteiger partial charge < -0.3 is 23.4 Å². The predicted molar refractivity (Wildman–Crippen MR) is 104 cm³/mol. The minimum absolute atomic E-state index is 0.133. The molecule has 0 aliphatic carbocycles. The van der Waals surface area contributed by atoms with Gasteiger partial charge in [0.15, 0.2) is 18.1 Å². The third kappa shape index (κ3) is 4.48. The second-order valence-corrected chi connectivity index (χ2v) is 6.04. The molecule has 0 saturated carbocycles. The molecule has 8 heteroatoms. The Morgan fingerprint density at radius 2 is 1.62 bits per heavy atom. The SMILES string of the molecule is CCc1ccc(C(=O)OCc2nnc(-c3cc(OC)c(OC)c(OC)c3)o2)cc1. The standard InChI is InChI=1S/C21H22N2O6/c1-5-13-6-8-14(9-7-13)21(24)28-12-18-22-23-20(29-18)15-10-16(25-2)19(27-4)17(11-15)26-3/h6-11H,5,12H2,1-4H3. The van der Waals surface area contributed by atoms with Crippen LogP contribution in [0.5, 0.6) is 17.2 Å². The van der Waals surface area contributed by atoms with Crippen molar-refractivity contribution in [3.8, 4) is 28.7 Å². The molecule has 8 nitrogen and oxygen atoms in total. The lowest BCUT2D eigenvalue weighted by Gasteiger charge is -2.12. The zero-order valence-corrected chi connectivity index (χ0v) is 16.7.